The minimum atomic E-state index is 0.462. The number of nitrogens with zero attached hydrogens (tertiary/aromatic N) is 1. The van der Waals surface area contributed by atoms with E-state index < -0.39 is 0 Å². The van der Waals surface area contributed by atoms with Crippen LogP contribution in [0.15, 0.2) is 41.1 Å². The fraction of sp³-hybridized carbons (Fsp3) is 0.300. The first-order valence-electron chi connectivity index (χ1n) is 3.77. The maximum atomic E-state index is 4.09. The van der Waals surface area contributed by atoms with Gasteiger partial charge in [-0.2, -0.15) is 0 Å². The molecule has 0 aromatic rings. The van der Waals surface area contributed by atoms with E-state index in [1.165, 1.54) is 0 Å². The Morgan fingerprint density at radius 1 is 1.64 bits per heavy atom. The molecular weight excluding hydrogens is 134 g/mol. The van der Waals surface area contributed by atoms with Crippen molar-refractivity contribution in [3.05, 3.63) is 36.1 Å². The lowest BCUT2D eigenvalue weighted by Gasteiger charge is -2.00. The molecule has 0 saturated carbocycles. The maximum Gasteiger partial charge on any atom is 0.0339 e. The van der Waals surface area contributed by atoms with Crippen LogP contribution in [0.3, 0.4) is 0 Å². The van der Waals surface area contributed by atoms with E-state index in [1.54, 1.807) is 0 Å². The lowest BCUT2D eigenvalue weighted by atomic mass is 10.0. The molecule has 0 saturated heterocycles. The Bertz CT molecular complexity index is 244. The van der Waals surface area contributed by atoms with E-state index in [1.807, 2.05) is 19.3 Å². The highest BCUT2D eigenvalue weighted by molar-refractivity contribution is 5.84. The van der Waals surface area contributed by atoms with Crippen molar-refractivity contribution < 1.29 is 0 Å². The van der Waals surface area contributed by atoms with E-state index in [0.29, 0.717) is 5.92 Å². The minimum Gasteiger partial charge on any atom is -0.264 e. The molecule has 0 radical (unpaired) electrons. The van der Waals surface area contributed by atoms with E-state index in [4.69, 9.17) is 0 Å². The van der Waals surface area contributed by atoms with Crippen LogP contribution >= 0.6 is 0 Å². The fourth-order valence-corrected chi connectivity index (χ4v) is 0.943. The van der Waals surface area contributed by atoms with Gasteiger partial charge in [-0.25, -0.2) is 0 Å². The SMILES string of the molecule is C=C(C)C1=CC(C)C=CN=C1. The number of allylic oxidation sites excluding steroid dienone is 4. The van der Waals surface area contributed by atoms with Crippen LogP contribution in [0.25, 0.3) is 0 Å². The third kappa shape index (κ3) is 2.19. The molecule has 0 aromatic heterocycles. The zero-order chi connectivity index (χ0) is 8.27. The van der Waals surface area contributed by atoms with Crippen molar-refractivity contribution in [2.75, 3.05) is 0 Å². The third-order valence-corrected chi connectivity index (χ3v) is 1.62. The van der Waals surface area contributed by atoms with Crippen molar-refractivity contribution >= 4 is 6.21 Å². The largest absolute Gasteiger partial charge is 0.264 e. The average Bonchev–Trinajstić information content (AvgIpc) is 2.13. The van der Waals surface area contributed by atoms with E-state index in [0.717, 1.165) is 11.1 Å². The molecule has 1 heterocycles. The molecule has 0 spiro atoms. The van der Waals surface area contributed by atoms with Crippen molar-refractivity contribution in [3.63, 3.8) is 0 Å². The number of rotatable bonds is 1. The van der Waals surface area contributed by atoms with Gasteiger partial charge in [-0.05, 0) is 24.0 Å². The van der Waals surface area contributed by atoms with Gasteiger partial charge in [0.1, 0.15) is 0 Å². The molecule has 0 bridgehead atoms. The van der Waals surface area contributed by atoms with Gasteiger partial charge in [0, 0.05) is 12.4 Å². The highest BCUT2D eigenvalue weighted by Gasteiger charge is 1.99. The molecule has 1 rings (SSSR count). The topological polar surface area (TPSA) is 12.4 Å². The second-order valence-corrected chi connectivity index (χ2v) is 2.88. The monoisotopic (exact) mass is 147 g/mol. The summed E-state index contributed by atoms with van der Waals surface area (Å²) in [6.07, 6.45) is 7.90. The van der Waals surface area contributed by atoms with Gasteiger partial charge in [0.15, 0.2) is 0 Å². The molecule has 11 heavy (non-hydrogen) atoms. The van der Waals surface area contributed by atoms with Crippen LogP contribution in [-0.4, -0.2) is 6.21 Å². The van der Waals surface area contributed by atoms with Gasteiger partial charge in [0.05, 0.1) is 0 Å². The molecule has 1 unspecified atom stereocenters. The fourth-order valence-electron chi connectivity index (χ4n) is 0.943. The third-order valence-electron chi connectivity index (χ3n) is 1.62. The molecular formula is C10H13N. The van der Waals surface area contributed by atoms with Crippen molar-refractivity contribution in [3.8, 4) is 0 Å². The first kappa shape index (κ1) is 7.99. The van der Waals surface area contributed by atoms with Gasteiger partial charge in [0.2, 0.25) is 0 Å². The van der Waals surface area contributed by atoms with Crippen LogP contribution in [-0.2, 0) is 0 Å². The first-order chi connectivity index (χ1) is 5.20. The Morgan fingerprint density at radius 3 is 3.00 bits per heavy atom. The molecule has 0 aromatic carbocycles. The predicted octanol–water partition coefficient (Wildman–Crippen LogP) is 2.72. The Kier molecular flexibility index (Phi) is 2.42. The first-order valence-corrected chi connectivity index (χ1v) is 3.77. The summed E-state index contributed by atoms with van der Waals surface area (Å²) < 4.78 is 0. The number of hydrogen-bond acceptors (Lipinski definition) is 1. The zero-order valence-corrected chi connectivity index (χ0v) is 7.04. The van der Waals surface area contributed by atoms with Crippen molar-refractivity contribution in [2.45, 2.75) is 13.8 Å². The normalized spacial score (nSPS) is 22.7. The summed E-state index contributed by atoms with van der Waals surface area (Å²) in [5.74, 6) is 0.462. The van der Waals surface area contributed by atoms with Crippen molar-refractivity contribution in [1.29, 1.82) is 0 Å². The molecule has 0 fully saturated rings. The van der Waals surface area contributed by atoms with E-state index in [-0.39, 0.29) is 0 Å². The second-order valence-electron chi connectivity index (χ2n) is 2.88. The molecule has 58 valence electrons. The Hall–Kier alpha value is -1.11. The molecule has 0 N–H and O–H groups in total. The quantitative estimate of drug-likeness (QED) is 0.540. The molecule has 0 amide bonds. The summed E-state index contributed by atoms with van der Waals surface area (Å²) in [4.78, 5) is 4.09. The second kappa shape index (κ2) is 3.33. The number of aliphatic imine (C=N–C) groups is 1. The molecule has 1 aliphatic heterocycles. The predicted molar refractivity (Wildman–Crippen MR) is 49.7 cm³/mol. The summed E-state index contributed by atoms with van der Waals surface area (Å²) in [7, 11) is 0. The van der Waals surface area contributed by atoms with Gasteiger partial charge in [-0.1, -0.05) is 25.7 Å². The van der Waals surface area contributed by atoms with Crippen LogP contribution in [0.2, 0.25) is 0 Å². The highest BCUT2D eigenvalue weighted by Crippen LogP contribution is 2.12. The summed E-state index contributed by atoms with van der Waals surface area (Å²) in [5, 5.41) is 0. The Morgan fingerprint density at radius 2 is 2.36 bits per heavy atom. The Balaban J connectivity index is 2.88. The average molecular weight is 147 g/mol. The summed E-state index contributed by atoms with van der Waals surface area (Å²) in [5.41, 5.74) is 2.21. The molecule has 1 atom stereocenters. The lowest BCUT2D eigenvalue weighted by Crippen LogP contribution is -1.88. The van der Waals surface area contributed by atoms with Crippen LogP contribution in [0, 0.1) is 5.92 Å². The van der Waals surface area contributed by atoms with Gasteiger partial charge in [0.25, 0.3) is 0 Å². The van der Waals surface area contributed by atoms with Gasteiger partial charge in [-0.3, -0.25) is 4.99 Å². The molecule has 1 nitrogen and oxygen atoms in total. The van der Waals surface area contributed by atoms with E-state index in [2.05, 4.69) is 30.6 Å². The van der Waals surface area contributed by atoms with Gasteiger partial charge < -0.3 is 0 Å². The lowest BCUT2D eigenvalue weighted by molar-refractivity contribution is 0.934. The van der Waals surface area contributed by atoms with E-state index in [9.17, 15) is 0 Å². The van der Waals surface area contributed by atoms with Crippen molar-refractivity contribution in [1.82, 2.24) is 0 Å². The van der Waals surface area contributed by atoms with Gasteiger partial charge >= 0.3 is 0 Å². The highest BCUT2D eigenvalue weighted by atomic mass is 14.7. The molecule has 1 heteroatoms. The smallest absolute Gasteiger partial charge is 0.0339 e. The van der Waals surface area contributed by atoms with E-state index >= 15 is 0 Å². The van der Waals surface area contributed by atoms with Crippen LogP contribution in [0.4, 0.5) is 0 Å². The van der Waals surface area contributed by atoms with Crippen LogP contribution in [0.5, 0.6) is 0 Å². The molecule has 0 aliphatic carbocycles. The molecule has 1 aliphatic rings. The number of hydrogen-bond donors (Lipinski definition) is 0. The van der Waals surface area contributed by atoms with Crippen LogP contribution < -0.4 is 0 Å². The zero-order valence-electron chi connectivity index (χ0n) is 7.04. The standard InChI is InChI=1S/C10H13N/c1-8(2)10-6-9(3)4-5-11-7-10/h4-7,9H,1H2,2-3H3. The summed E-state index contributed by atoms with van der Waals surface area (Å²) in [6, 6.07) is 0. The summed E-state index contributed by atoms with van der Waals surface area (Å²) >= 11 is 0. The maximum absolute atomic E-state index is 4.09. The summed E-state index contributed by atoms with van der Waals surface area (Å²) in [6.45, 7) is 8.00. The minimum absolute atomic E-state index is 0.462. The Labute approximate surface area is 67.8 Å². The van der Waals surface area contributed by atoms with Crippen LogP contribution in [0.1, 0.15) is 13.8 Å². The van der Waals surface area contributed by atoms with Gasteiger partial charge in [-0.15, -0.1) is 0 Å². The van der Waals surface area contributed by atoms with Crippen molar-refractivity contribution in [2.24, 2.45) is 10.9 Å².